The van der Waals surface area contributed by atoms with E-state index in [2.05, 4.69) is 17.6 Å². The van der Waals surface area contributed by atoms with Gasteiger partial charge in [0.15, 0.2) is 0 Å². The van der Waals surface area contributed by atoms with E-state index in [0.29, 0.717) is 12.6 Å². The summed E-state index contributed by atoms with van der Waals surface area (Å²) in [6, 6.07) is 8.31. The van der Waals surface area contributed by atoms with Crippen LogP contribution in [0.25, 0.3) is 0 Å². The molecule has 4 heteroatoms. The molecule has 21 heavy (non-hydrogen) atoms. The van der Waals surface area contributed by atoms with Gasteiger partial charge in [-0.1, -0.05) is 18.2 Å². The average molecular weight is 290 g/mol. The number of carbonyl (C=O) groups excluding carboxylic acids is 1. The zero-order chi connectivity index (χ0) is 15.2. The van der Waals surface area contributed by atoms with Crippen molar-refractivity contribution in [3.8, 4) is 5.75 Å². The zero-order valence-corrected chi connectivity index (χ0v) is 13.2. The second-order valence-electron chi connectivity index (χ2n) is 6.07. The van der Waals surface area contributed by atoms with Crippen LogP contribution < -0.4 is 15.4 Å². The predicted molar refractivity (Wildman–Crippen MR) is 84.2 cm³/mol. The van der Waals surface area contributed by atoms with Crippen molar-refractivity contribution >= 4 is 5.91 Å². The van der Waals surface area contributed by atoms with Gasteiger partial charge in [0.2, 0.25) is 5.91 Å². The molecular formula is C17H26N2O2. The third-order valence-corrected chi connectivity index (χ3v) is 3.78. The Hall–Kier alpha value is -1.55. The van der Waals surface area contributed by atoms with Gasteiger partial charge in [0.05, 0.1) is 6.10 Å². The Balaban J connectivity index is 1.91. The summed E-state index contributed by atoms with van der Waals surface area (Å²) in [6.45, 7) is 7.59. The van der Waals surface area contributed by atoms with Gasteiger partial charge in [-0.2, -0.15) is 0 Å². The van der Waals surface area contributed by atoms with Crippen LogP contribution in [0.3, 0.4) is 0 Å². The Morgan fingerprint density at radius 1 is 1.43 bits per heavy atom. The highest BCUT2D eigenvalue weighted by molar-refractivity contribution is 5.78. The molecule has 1 heterocycles. The zero-order valence-electron chi connectivity index (χ0n) is 13.2. The van der Waals surface area contributed by atoms with Gasteiger partial charge < -0.3 is 15.4 Å². The SMILES string of the molecule is CC(C)Oc1ccccc1CNC(=O)[C@H]1CCN[C@@H](C)C1. The molecule has 0 spiro atoms. The number of rotatable bonds is 5. The van der Waals surface area contributed by atoms with E-state index < -0.39 is 0 Å². The lowest BCUT2D eigenvalue weighted by Crippen LogP contribution is -2.42. The molecule has 0 saturated carbocycles. The molecule has 0 aromatic heterocycles. The molecule has 1 aromatic rings. The van der Waals surface area contributed by atoms with Crippen LogP contribution in [0.4, 0.5) is 0 Å². The van der Waals surface area contributed by atoms with Crippen molar-refractivity contribution in [3.63, 3.8) is 0 Å². The van der Waals surface area contributed by atoms with Crippen molar-refractivity contribution in [2.45, 2.75) is 52.3 Å². The second kappa shape index (κ2) is 7.46. The third-order valence-electron chi connectivity index (χ3n) is 3.78. The maximum absolute atomic E-state index is 12.3. The van der Waals surface area contributed by atoms with Gasteiger partial charge in [-0.25, -0.2) is 0 Å². The maximum Gasteiger partial charge on any atom is 0.223 e. The number of piperidine rings is 1. The molecule has 1 saturated heterocycles. The molecule has 4 nitrogen and oxygen atoms in total. The second-order valence-corrected chi connectivity index (χ2v) is 6.07. The van der Waals surface area contributed by atoms with E-state index in [9.17, 15) is 4.79 Å². The van der Waals surface area contributed by atoms with E-state index in [4.69, 9.17) is 4.74 Å². The van der Waals surface area contributed by atoms with Gasteiger partial charge >= 0.3 is 0 Å². The summed E-state index contributed by atoms with van der Waals surface area (Å²) >= 11 is 0. The maximum atomic E-state index is 12.3. The lowest BCUT2D eigenvalue weighted by atomic mass is 9.92. The minimum absolute atomic E-state index is 0.124. The smallest absolute Gasteiger partial charge is 0.223 e. The predicted octanol–water partition coefficient (Wildman–Crippen LogP) is 2.48. The molecule has 1 amide bonds. The first kappa shape index (κ1) is 15.8. The number of para-hydroxylation sites is 1. The highest BCUT2D eigenvalue weighted by Gasteiger charge is 2.24. The summed E-state index contributed by atoms with van der Waals surface area (Å²) in [5, 5.41) is 6.43. The number of benzene rings is 1. The quantitative estimate of drug-likeness (QED) is 0.876. The molecule has 0 bridgehead atoms. The van der Waals surface area contributed by atoms with Crippen LogP contribution in [-0.2, 0) is 11.3 Å². The van der Waals surface area contributed by atoms with Crippen molar-refractivity contribution in [1.82, 2.24) is 10.6 Å². The molecule has 0 unspecified atom stereocenters. The van der Waals surface area contributed by atoms with Crippen LogP contribution in [-0.4, -0.2) is 24.6 Å². The minimum Gasteiger partial charge on any atom is -0.491 e. The van der Waals surface area contributed by atoms with Gasteiger partial charge in [0.1, 0.15) is 5.75 Å². The van der Waals surface area contributed by atoms with Crippen LogP contribution >= 0.6 is 0 Å². The molecule has 1 fully saturated rings. The lowest BCUT2D eigenvalue weighted by Gasteiger charge is -2.27. The van der Waals surface area contributed by atoms with Gasteiger partial charge in [-0.15, -0.1) is 0 Å². The number of nitrogens with one attached hydrogen (secondary N) is 2. The molecule has 0 radical (unpaired) electrons. The topological polar surface area (TPSA) is 50.4 Å². The third kappa shape index (κ3) is 4.74. The Bertz CT molecular complexity index is 474. The molecular weight excluding hydrogens is 264 g/mol. The fourth-order valence-electron chi connectivity index (χ4n) is 2.72. The van der Waals surface area contributed by atoms with Gasteiger partial charge in [0.25, 0.3) is 0 Å². The summed E-state index contributed by atoms with van der Waals surface area (Å²) in [4.78, 5) is 12.3. The van der Waals surface area contributed by atoms with Gasteiger partial charge in [0, 0.05) is 24.1 Å². The molecule has 2 rings (SSSR count). The molecule has 1 aromatic carbocycles. The van der Waals surface area contributed by atoms with Crippen molar-refractivity contribution in [2.24, 2.45) is 5.92 Å². The van der Waals surface area contributed by atoms with Crippen LogP contribution in [0.2, 0.25) is 0 Å². The number of ether oxygens (including phenoxy) is 1. The number of hydrogen-bond donors (Lipinski definition) is 2. The van der Waals surface area contributed by atoms with Crippen LogP contribution in [0.5, 0.6) is 5.75 Å². The monoisotopic (exact) mass is 290 g/mol. The molecule has 2 N–H and O–H groups in total. The number of amides is 1. The summed E-state index contributed by atoms with van der Waals surface area (Å²) in [7, 11) is 0. The van der Waals surface area contributed by atoms with E-state index in [-0.39, 0.29) is 17.9 Å². The lowest BCUT2D eigenvalue weighted by molar-refractivity contribution is -0.126. The van der Waals surface area contributed by atoms with Crippen molar-refractivity contribution in [1.29, 1.82) is 0 Å². The Morgan fingerprint density at radius 3 is 2.90 bits per heavy atom. The summed E-state index contributed by atoms with van der Waals surface area (Å²) < 4.78 is 5.78. The first-order chi connectivity index (χ1) is 10.1. The van der Waals surface area contributed by atoms with E-state index in [1.807, 2.05) is 38.1 Å². The molecule has 116 valence electrons. The first-order valence-corrected chi connectivity index (χ1v) is 7.82. The highest BCUT2D eigenvalue weighted by atomic mass is 16.5. The Labute approximate surface area is 127 Å². The fourth-order valence-corrected chi connectivity index (χ4v) is 2.72. The summed E-state index contributed by atoms with van der Waals surface area (Å²) in [5.41, 5.74) is 1.03. The van der Waals surface area contributed by atoms with E-state index >= 15 is 0 Å². The van der Waals surface area contributed by atoms with Gasteiger partial charge in [-0.3, -0.25) is 4.79 Å². The van der Waals surface area contributed by atoms with Crippen molar-refractivity contribution in [3.05, 3.63) is 29.8 Å². The first-order valence-electron chi connectivity index (χ1n) is 7.82. The Kier molecular flexibility index (Phi) is 5.62. The highest BCUT2D eigenvalue weighted by Crippen LogP contribution is 2.20. The van der Waals surface area contributed by atoms with Crippen molar-refractivity contribution < 1.29 is 9.53 Å². The number of carbonyl (C=O) groups is 1. The average Bonchev–Trinajstić information content (AvgIpc) is 2.45. The fraction of sp³-hybridized carbons (Fsp3) is 0.588. The van der Waals surface area contributed by atoms with Crippen LogP contribution in [0, 0.1) is 5.92 Å². The minimum atomic E-state index is 0.124. The number of hydrogen-bond acceptors (Lipinski definition) is 3. The van der Waals surface area contributed by atoms with Crippen molar-refractivity contribution in [2.75, 3.05) is 6.54 Å². The van der Waals surface area contributed by atoms with E-state index in [1.54, 1.807) is 0 Å². The molecule has 0 aliphatic carbocycles. The largest absolute Gasteiger partial charge is 0.491 e. The van der Waals surface area contributed by atoms with E-state index in [1.165, 1.54) is 0 Å². The molecule has 1 aliphatic heterocycles. The summed E-state index contributed by atoms with van der Waals surface area (Å²) in [6.07, 6.45) is 1.96. The molecule has 1 aliphatic rings. The van der Waals surface area contributed by atoms with Gasteiger partial charge in [-0.05, 0) is 46.2 Å². The van der Waals surface area contributed by atoms with E-state index in [0.717, 1.165) is 30.7 Å². The summed E-state index contributed by atoms with van der Waals surface area (Å²) in [5.74, 6) is 1.13. The normalized spacial score (nSPS) is 22.1. The van der Waals surface area contributed by atoms with Crippen LogP contribution in [0.15, 0.2) is 24.3 Å². The Morgan fingerprint density at radius 2 is 2.19 bits per heavy atom. The molecule has 2 atom stereocenters. The standard InChI is InChI=1S/C17H26N2O2/c1-12(2)21-16-7-5-4-6-15(16)11-19-17(20)14-8-9-18-13(3)10-14/h4-7,12-14,18H,8-11H2,1-3H3,(H,19,20)/t13-,14-/m0/s1. The van der Waals surface area contributed by atoms with Crippen LogP contribution in [0.1, 0.15) is 39.2 Å².